The average Bonchev–Trinajstić information content (AvgIpc) is 3.11. The highest BCUT2D eigenvalue weighted by atomic mass is 28.4. The molecule has 0 unspecified atom stereocenters. The number of carbonyl (C=O) groups excluding carboxylic acids is 1. The van der Waals surface area contributed by atoms with E-state index >= 15 is 0 Å². The molecule has 138 valence electrons. The zero-order valence-electron chi connectivity index (χ0n) is 16.2. The van der Waals surface area contributed by atoms with Crippen LogP contribution in [-0.2, 0) is 11.2 Å². The average molecular weight is 369 g/mol. The van der Waals surface area contributed by atoms with E-state index < -0.39 is 8.32 Å². The molecule has 0 aliphatic carbocycles. The molecule has 0 amide bonds. The number of rotatable bonds is 8. The van der Waals surface area contributed by atoms with Crippen LogP contribution in [0, 0.1) is 6.92 Å². The molecule has 3 aromatic rings. The minimum Gasteiger partial charge on any atom is -0.541 e. The maximum absolute atomic E-state index is 10.9. The Balaban J connectivity index is 2.30. The van der Waals surface area contributed by atoms with Crippen LogP contribution in [0.2, 0.25) is 18.1 Å². The summed E-state index contributed by atoms with van der Waals surface area (Å²) in [5, 5.41) is 3.45. The van der Waals surface area contributed by atoms with E-state index in [9.17, 15) is 4.79 Å². The fourth-order valence-electron chi connectivity index (χ4n) is 3.92. The lowest BCUT2D eigenvalue weighted by atomic mass is 9.97. The summed E-state index contributed by atoms with van der Waals surface area (Å²) in [7, 11) is -1.84. The second-order valence-electron chi connectivity index (χ2n) is 7.02. The van der Waals surface area contributed by atoms with E-state index in [0.717, 1.165) is 52.1 Å². The molecule has 0 aliphatic rings. The van der Waals surface area contributed by atoms with Gasteiger partial charge in [0.1, 0.15) is 6.29 Å². The molecule has 1 aromatic heterocycles. The summed E-state index contributed by atoms with van der Waals surface area (Å²) in [5.41, 5.74) is 3.14. The van der Waals surface area contributed by atoms with E-state index in [-0.39, 0.29) is 0 Å². The molecule has 3 rings (SSSR count). The van der Waals surface area contributed by atoms with Gasteiger partial charge in [0, 0.05) is 17.2 Å². The maximum atomic E-state index is 10.9. The molecule has 3 nitrogen and oxygen atoms in total. The Morgan fingerprint density at radius 2 is 1.73 bits per heavy atom. The van der Waals surface area contributed by atoms with Gasteiger partial charge in [-0.25, -0.2) is 0 Å². The third-order valence-electron chi connectivity index (χ3n) is 5.81. The summed E-state index contributed by atoms with van der Waals surface area (Å²) in [4.78, 5) is 10.9. The van der Waals surface area contributed by atoms with Gasteiger partial charge in [0.15, 0.2) is 11.3 Å². The molecular formula is C22H28O3Si. The molecule has 0 saturated carbocycles. The van der Waals surface area contributed by atoms with E-state index in [2.05, 4.69) is 52.0 Å². The van der Waals surface area contributed by atoms with E-state index in [0.29, 0.717) is 12.8 Å². The van der Waals surface area contributed by atoms with Gasteiger partial charge in [-0.3, -0.25) is 0 Å². The van der Waals surface area contributed by atoms with Crippen molar-refractivity contribution in [2.45, 2.75) is 58.7 Å². The van der Waals surface area contributed by atoms with Gasteiger partial charge in [0.2, 0.25) is 0 Å². The molecular weight excluding hydrogens is 340 g/mol. The minimum absolute atomic E-state index is 0.509. The minimum atomic E-state index is -1.84. The van der Waals surface area contributed by atoms with Crippen molar-refractivity contribution in [1.29, 1.82) is 0 Å². The lowest BCUT2D eigenvalue weighted by Crippen LogP contribution is -2.39. The highest BCUT2D eigenvalue weighted by Crippen LogP contribution is 2.42. The zero-order chi connectivity index (χ0) is 18.7. The lowest BCUT2D eigenvalue weighted by molar-refractivity contribution is -0.107. The molecule has 26 heavy (non-hydrogen) atoms. The summed E-state index contributed by atoms with van der Waals surface area (Å²) >= 11 is 0. The predicted molar refractivity (Wildman–Crippen MR) is 111 cm³/mol. The van der Waals surface area contributed by atoms with Crippen molar-refractivity contribution in [2.75, 3.05) is 0 Å². The Morgan fingerprint density at radius 1 is 1.08 bits per heavy atom. The number of furan rings is 1. The fourth-order valence-corrected chi connectivity index (χ4v) is 6.49. The zero-order valence-corrected chi connectivity index (χ0v) is 17.2. The number of hydrogen-bond donors (Lipinski definition) is 0. The number of aldehydes is 1. The highest BCUT2D eigenvalue weighted by molar-refractivity contribution is 6.74. The fraction of sp³-hybridized carbons (Fsp3) is 0.409. The Bertz CT molecular complexity index is 914. The van der Waals surface area contributed by atoms with Crippen molar-refractivity contribution in [3.05, 3.63) is 41.7 Å². The van der Waals surface area contributed by atoms with Crippen molar-refractivity contribution in [3.63, 3.8) is 0 Å². The van der Waals surface area contributed by atoms with Crippen LogP contribution in [0.25, 0.3) is 21.7 Å². The second kappa shape index (κ2) is 7.66. The second-order valence-corrected chi connectivity index (χ2v) is 11.7. The van der Waals surface area contributed by atoms with Crippen LogP contribution >= 0.6 is 0 Å². The molecule has 1 heterocycles. The van der Waals surface area contributed by atoms with Gasteiger partial charge in [-0.2, -0.15) is 0 Å². The number of aryl methyl sites for hydroxylation is 2. The third kappa shape index (κ3) is 3.07. The number of carbonyl (C=O) groups is 1. The molecule has 0 spiro atoms. The van der Waals surface area contributed by atoms with E-state index in [4.69, 9.17) is 8.84 Å². The first-order valence-electron chi connectivity index (χ1n) is 9.64. The Labute approximate surface area is 156 Å². The number of benzene rings is 2. The van der Waals surface area contributed by atoms with Crippen LogP contribution in [0.4, 0.5) is 0 Å². The first-order valence-corrected chi connectivity index (χ1v) is 12.2. The highest BCUT2D eigenvalue weighted by Gasteiger charge is 2.33. The number of fused-ring (bicyclic) bond motifs is 2. The van der Waals surface area contributed by atoms with Gasteiger partial charge in [-0.05, 0) is 48.0 Å². The summed E-state index contributed by atoms with van der Waals surface area (Å²) in [6, 6.07) is 11.7. The van der Waals surface area contributed by atoms with E-state index in [1.165, 1.54) is 10.9 Å². The molecule has 0 radical (unpaired) electrons. The molecule has 0 fully saturated rings. The Hall–Kier alpha value is -2.07. The van der Waals surface area contributed by atoms with Crippen LogP contribution in [0.3, 0.4) is 0 Å². The molecule has 4 heteroatoms. The van der Waals surface area contributed by atoms with Gasteiger partial charge in [-0.1, -0.05) is 45.0 Å². The molecule has 0 aliphatic heterocycles. The van der Waals surface area contributed by atoms with Gasteiger partial charge in [-0.15, -0.1) is 0 Å². The Kier molecular flexibility index (Phi) is 5.51. The van der Waals surface area contributed by atoms with Crippen molar-refractivity contribution >= 4 is 36.3 Å². The lowest BCUT2D eigenvalue weighted by Gasteiger charge is -2.30. The number of hydrogen-bond acceptors (Lipinski definition) is 3. The molecule has 0 N–H and O–H groups in total. The van der Waals surface area contributed by atoms with Crippen LogP contribution < -0.4 is 4.43 Å². The molecule has 2 aromatic carbocycles. The van der Waals surface area contributed by atoms with Crippen LogP contribution in [0.15, 0.2) is 34.9 Å². The van der Waals surface area contributed by atoms with Crippen molar-refractivity contribution in [2.24, 2.45) is 0 Å². The predicted octanol–water partition coefficient (Wildman–Crippen LogP) is 6.41. The van der Waals surface area contributed by atoms with Crippen molar-refractivity contribution in [3.8, 4) is 5.75 Å². The summed E-state index contributed by atoms with van der Waals surface area (Å²) in [6.07, 6.45) is 3.98. The Morgan fingerprint density at radius 3 is 2.35 bits per heavy atom. The van der Waals surface area contributed by atoms with Gasteiger partial charge in [0.25, 0.3) is 8.32 Å². The molecule has 0 saturated heterocycles. The largest absolute Gasteiger partial charge is 0.541 e. The first kappa shape index (κ1) is 18.7. The summed E-state index contributed by atoms with van der Waals surface area (Å²) in [5.74, 6) is 0.899. The topological polar surface area (TPSA) is 39.4 Å². The molecule has 0 atom stereocenters. The van der Waals surface area contributed by atoms with Gasteiger partial charge >= 0.3 is 0 Å². The SMILES string of the molecule is CC[Si](CC)(CC)Oc1c2ccccc2c(C)c2c(CCC=O)coc12. The summed E-state index contributed by atoms with van der Waals surface area (Å²) < 4.78 is 12.9. The normalized spacial score (nSPS) is 12.0. The van der Waals surface area contributed by atoms with Gasteiger partial charge in [0.05, 0.1) is 6.26 Å². The third-order valence-corrected chi connectivity index (χ3v) is 10.3. The van der Waals surface area contributed by atoms with Crippen LogP contribution in [0.1, 0.15) is 38.3 Å². The van der Waals surface area contributed by atoms with E-state index in [1.807, 2.05) is 0 Å². The maximum Gasteiger partial charge on any atom is 0.250 e. The first-order chi connectivity index (χ1) is 12.6. The standard InChI is InChI=1S/C22H28O3Si/c1-5-26(6-2,7-3)25-21-19-13-9-8-12-18(19)16(4)20-17(11-10-14-23)15-24-22(20)21/h8-9,12-15H,5-7,10-11H2,1-4H3. The van der Waals surface area contributed by atoms with Crippen LogP contribution in [0.5, 0.6) is 5.75 Å². The van der Waals surface area contributed by atoms with Crippen LogP contribution in [-0.4, -0.2) is 14.6 Å². The van der Waals surface area contributed by atoms with Crippen molar-refractivity contribution in [1.82, 2.24) is 0 Å². The smallest absolute Gasteiger partial charge is 0.250 e. The monoisotopic (exact) mass is 368 g/mol. The van der Waals surface area contributed by atoms with E-state index in [1.54, 1.807) is 6.26 Å². The van der Waals surface area contributed by atoms with Crippen molar-refractivity contribution < 1.29 is 13.6 Å². The summed E-state index contributed by atoms with van der Waals surface area (Å²) in [6.45, 7) is 8.86. The molecule has 0 bridgehead atoms. The van der Waals surface area contributed by atoms with Gasteiger partial charge < -0.3 is 13.6 Å². The quantitative estimate of drug-likeness (QED) is 0.341.